The molecule has 3 heteroatoms. The van der Waals surface area contributed by atoms with E-state index < -0.39 is 0 Å². The first kappa shape index (κ1) is 9.65. The summed E-state index contributed by atoms with van der Waals surface area (Å²) in [6.45, 7) is 3.82. The number of hydrogen-bond acceptors (Lipinski definition) is 3. The van der Waals surface area contributed by atoms with E-state index in [0.29, 0.717) is 12.0 Å². The van der Waals surface area contributed by atoms with Gasteiger partial charge in [0.25, 0.3) is 5.89 Å². The van der Waals surface area contributed by atoms with E-state index in [-0.39, 0.29) is 5.89 Å². The Bertz CT molecular complexity index is 483. The molecule has 1 heterocycles. The Labute approximate surface area is 87.8 Å². The second kappa shape index (κ2) is 3.69. The zero-order valence-electron chi connectivity index (χ0n) is 8.65. The first-order valence-corrected chi connectivity index (χ1v) is 4.70. The van der Waals surface area contributed by atoms with Crippen LogP contribution < -0.4 is 0 Å². The van der Waals surface area contributed by atoms with Gasteiger partial charge in [0.05, 0.1) is 0 Å². The summed E-state index contributed by atoms with van der Waals surface area (Å²) in [6, 6.07) is 7.94. The van der Waals surface area contributed by atoms with Gasteiger partial charge in [-0.1, -0.05) is 29.8 Å². The van der Waals surface area contributed by atoms with Gasteiger partial charge in [0.2, 0.25) is 6.29 Å². The number of hydrogen-bond donors (Lipinski definition) is 0. The normalized spacial score (nSPS) is 10.3. The lowest BCUT2D eigenvalue weighted by Gasteiger charge is -1.97. The van der Waals surface area contributed by atoms with Crippen molar-refractivity contribution in [3.8, 4) is 11.3 Å². The Balaban J connectivity index is 2.48. The van der Waals surface area contributed by atoms with E-state index in [2.05, 4.69) is 4.98 Å². The van der Waals surface area contributed by atoms with Crippen LogP contribution in [0.3, 0.4) is 0 Å². The van der Waals surface area contributed by atoms with Gasteiger partial charge in [0.15, 0.2) is 0 Å². The molecular formula is C12H11NO2. The SMILES string of the molecule is Cc1ccc(-c2nc(C=O)oc2C)cc1. The zero-order valence-corrected chi connectivity index (χ0v) is 8.65. The number of benzene rings is 1. The van der Waals surface area contributed by atoms with Crippen molar-refractivity contribution in [1.29, 1.82) is 0 Å². The van der Waals surface area contributed by atoms with E-state index in [1.54, 1.807) is 6.92 Å². The molecule has 1 aromatic carbocycles. The van der Waals surface area contributed by atoms with Crippen LogP contribution in [0.5, 0.6) is 0 Å². The van der Waals surface area contributed by atoms with Crippen molar-refractivity contribution in [3.05, 3.63) is 41.5 Å². The first-order valence-electron chi connectivity index (χ1n) is 4.70. The predicted molar refractivity (Wildman–Crippen MR) is 56.8 cm³/mol. The second-order valence-corrected chi connectivity index (χ2v) is 3.44. The molecule has 2 aromatic rings. The lowest BCUT2D eigenvalue weighted by molar-refractivity contribution is 0.109. The van der Waals surface area contributed by atoms with Crippen LogP contribution in [-0.2, 0) is 0 Å². The Hall–Kier alpha value is -1.90. The fraction of sp³-hybridized carbons (Fsp3) is 0.167. The molecule has 0 atom stereocenters. The summed E-state index contributed by atoms with van der Waals surface area (Å²) in [5, 5.41) is 0. The molecular weight excluding hydrogens is 190 g/mol. The van der Waals surface area contributed by atoms with Crippen LogP contribution in [0.25, 0.3) is 11.3 Å². The van der Waals surface area contributed by atoms with Crippen molar-refractivity contribution in [1.82, 2.24) is 4.98 Å². The van der Waals surface area contributed by atoms with Crippen LogP contribution in [0.4, 0.5) is 0 Å². The van der Waals surface area contributed by atoms with Crippen LogP contribution in [0.1, 0.15) is 22.0 Å². The Morgan fingerprint density at radius 2 is 1.87 bits per heavy atom. The van der Waals surface area contributed by atoms with Crippen LogP contribution in [-0.4, -0.2) is 11.3 Å². The monoisotopic (exact) mass is 201 g/mol. The number of oxazole rings is 1. The summed E-state index contributed by atoms with van der Waals surface area (Å²) in [5.74, 6) is 0.795. The third-order valence-electron chi connectivity index (χ3n) is 2.24. The smallest absolute Gasteiger partial charge is 0.260 e. The minimum absolute atomic E-state index is 0.128. The predicted octanol–water partition coefficient (Wildman–Crippen LogP) is 2.77. The average molecular weight is 201 g/mol. The summed E-state index contributed by atoms with van der Waals surface area (Å²) < 4.78 is 5.17. The van der Waals surface area contributed by atoms with Gasteiger partial charge in [-0.3, -0.25) is 4.79 Å². The standard InChI is InChI=1S/C12H11NO2/c1-8-3-5-10(6-4-8)12-9(2)15-11(7-14)13-12/h3-7H,1-2H3. The fourth-order valence-electron chi connectivity index (χ4n) is 1.45. The molecule has 0 fully saturated rings. The minimum atomic E-state index is 0.128. The maximum atomic E-state index is 10.5. The third kappa shape index (κ3) is 1.81. The number of carbonyl (C=O) groups excluding carboxylic acids is 1. The molecule has 0 saturated heterocycles. The molecule has 1 aromatic heterocycles. The highest BCUT2D eigenvalue weighted by Crippen LogP contribution is 2.22. The van der Waals surface area contributed by atoms with Crippen molar-refractivity contribution in [2.45, 2.75) is 13.8 Å². The summed E-state index contributed by atoms with van der Waals surface area (Å²) in [7, 11) is 0. The summed E-state index contributed by atoms with van der Waals surface area (Å²) in [5.41, 5.74) is 2.89. The van der Waals surface area contributed by atoms with Crippen molar-refractivity contribution in [2.75, 3.05) is 0 Å². The molecule has 0 bridgehead atoms. The van der Waals surface area contributed by atoms with Crippen molar-refractivity contribution in [2.24, 2.45) is 0 Å². The third-order valence-corrected chi connectivity index (χ3v) is 2.24. The van der Waals surface area contributed by atoms with Gasteiger partial charge in [-0.15, -0.1) is 0 Å². The molecule has 15 heavy (non-hydrogen) atoms. The molecule has 3 nitrogen and oxygen atoms in total. The van der Waals surface area contributed by atoms with Gasteiger partial charge in [0.1, 0.15) is 11.5 Å². The number of rotatable bonds is 2. The fourth-order valence-corrected chi connectivity index (χ4v) is 1.45. The van der Waals surface area contributed by atoms with E-state index in [1.165, 1.54) is 5.56 Å². The Morgan fingerprint density at radius 1 is 1.20 bits per heavy atom. The largest absolute Gasteiger partial charge is 0.439 e. The molecule has 0 aliphatic carbocycles. The number of aryl methyl sites for hydroxylation is 2. The van der Waals surface area contributed by atoms with Gasteiger partial charge >= 0.3 is 0 Å². The molecule has 0 aliphatic heterocycles. The summed E-state index contributed by atoms with van der Waals surface area (Å²) in [4.78, 5) is 14.6. The van der Waals surface area contributed by atoms with Crippen LogP contribution in [0.15, 0.2) is 28.7 Å². The van der Waals surface area contributed by atoms with Gasteiger partial charge in [-0.05, 0) is 13.8 Å². The van der Waals surface area contributed by atoms with Gasteiger partial charge in [-0.2, -0.15) is 0 Å². The van der Waals surface area contributed by atoms with E-state index in [9.17, 15) is 4.79 Å². The molecule has 0 unspecified atom stereocenters. The highest BCUT2D eigenvalue weighted by atomic mass is 16.4. The molecule has 2 rings (SSSR count). The highest BCUT2D eigenvalue weighted by molar-refractivity contribution is 5.71. The number of nitrogens with zero attached hydrogens (tertiary/aromatic N) is 1. The lowest BCUT2D eigenvalue weighted by Crippen LogP contribution is -1.82. The van der Waals surface area contributed by atoms with Crippen LogP contribution in [0, 0.1) is 13.8 Å². The number of aromatic nitrogens is 1. The summed E-state index contributed by atoms with van der Waals surface area (Å²) in [6.07, 6.45) is 0.616. The average Bonchev–Trinajstić information content (AvgIpc) is 2.61. The molecule has 0 spiro atoms. The van der Waals surface area contributed by atoms with Crippen molar-refractivity contribution >= 4 is 6.29 Å². The van der Waals surface area contributed by atoms with Crippen molar-refractivity contribution < 1.29 is 9.21 Å². The van der Waals surface area contributed by atoms with Crippen LogP contribution in [0.2, 0.25) is 0 Å². The quantitative estimate of drug-likeness (QED) is 0.701. The molecule has 0 radical (unpaired) electrons. The van der Waals surface area contributed by atoms with Crippen molar-refractivity contribution in [3.63, 3.8) is 0 Å². The maximum Gasteiger partial charge on any atom is 0.260 e. The summed E-state index contributed by atoms with van der Waals surface area (Å²) >= 11 is 0. The highest BCUT2D eigenvalue weighted by Gasteiger charge is 2.10. The number of carbonyl (C=O) groups is 1. The maximum absolute atomic E-state index is 10.5. The van der Waals surface area contributed by atoms with Crippen LogP contribution >= 0.6 is 0 Å². The van der Waals surface area contributed by atoms with Gasteiger partial charge in [0, 0.05) is 5.56 Å². The molecule has 76 valence electrons. The Morgan fingerprint density at radius 3 is 2.40 bits per heavy atom. The molecule has 0 amide bonds. The van der Waals surface area contributed by atoms with Gasteiger partial charge < -0.3 is 4.42 Å². The Kier molecular flexibility index (Phi) is 2.37. The second-order valence-electron chi connectivity index (χ2n) is 3.44. The molecule has 0 saturated carbocycles. The lowest BCUT2D eigenvalue weighted by atomic mass is 10.1. The van der Waals surface area contributed by atoms with Gasteiger partial charge in [-0.25, -0.2) is 4.98 Å². The zero-order chi connectivity index (χ0) is 10.8. The van der Waals surface area contributed by atoms with E-state index >= 15 is 0 Å². The van der Waals surface area contributed by atoms with E-state index in [1.807, 2.05) is 31.2 Å². The van der Waals surface area contributed by atoms with E-state index in [4.69, 9.17) is 4.42 Å². The molecule has 0 aliphatic rings. The number of aldehydes is 1. The molecule has 0 N–H and O–H groups in total. The topological polar surface area (TPSA) is 43.1 Å². The minimum Gasteiger partial charge on any atom is -0.439 e. The first-order chi connectivity index (χ1) is 7.20. The van der Waals surface area contributed by atoms with E-state index in [0.717, 1.165) is 11.3 Å².